The minimum atomic E-state index is 1.09. The molecule has 2 aromatic heterocycles. The SMILES string of the molecule is c1cc(-c2ccc3ccccc3c2)cc(N(c2ccc(-c3ccc4c(c3)sc3c5ccccc5ccc43)cc2)c2ccc(-c3ccccc3-n3c4ccccc4c4ccccc43)cc2)c1. The fourth-order valence-electron chi connectivity index (χ4n) is 10.0. The lowest BCUT2D eigenvalue weighted by atomic mass is 9.99. The Bertz CT molecular complexity index is 3900. The van der Waals surface area contributed by atoms with E-state index in [9.17, 15) is 0 Å². The lowest BCUT2D eigenvalue weighted by Gasteiger charge is -2.26. The number of thiophene rings is 1. The van der Waals surface area contributed by atoms with Crippen molar-refractivity contribution in [3.05, 3.63) is 243 Å². The van der Waals surface area contributed by atoms with Gasteiger partial charge in [-0.05, 0) is 116 Å². The number of benzene rings is 11. The zero-order chi connectivity index (χ0) is 42.8. The van der Waals surface area contributed by atoms with Gasteiger partial charge in [0, 0.05) is 53.6 Å². The molecule has 0 aliphatic rings. The molecule has 11 aromatic carbocycles. The molecule has 65 heavy (non-hydrogen) atoms. The molecule has 0 unspecified atom stereocenters. The number of hydrogen-bond donors (Lipinski definition) is 0. The largest absolute Gasteiger partial charge is 0.310 e. The van der Waals surface area contributed by atoms with Crippen LogP contribution in [-0.2, 0) is 0 Å². The maximum atomic E-state index is 2.42. The molecule has 304 valence electrons. The molecule has 0 radical (unpaired) electrons. The second kappa shape index (κ2) is 15.2. The molecule has 0 saturated carbocycles. The Morgan fingerprint density at radius 1 is 0.308 bits per heavy atom. The number of anilines is 3. The van der Waals surface area contributed by atoms with Gasteiger partial charge in [0.1, 0.15) is 0 Å². The van der Waals surface area contributed by atoms with Gasteiger partial charge in [-0.1, -0.05) is 176 Å². The van der Waals surface area contributed by atoms with Crippen LogP contribution < -0.4 is 4.90 Å². The molecule has 13 rings (SSSR count). The van der Waals surface area contributed by atoms with Crippen LogP contribution in [0.5, 0.6) is 0 Å². The molecule has 0 saturated heterocycles. The highest BCUT2D eigenvalue weighted by molar-refractivity contribution is 7.26. The zero-order valence-corrected chi connectivity index (χ0v) is 36.2. The van der Waals surface area contributed by atoms with E-state index in [-0.39, 0.29) is 0 Å². The highest BCUT2D eigenvalue weighted by Gasteiger charge is 2.18. The third-order valence-corrected chi connectivity index (χ3v) is 14.4. The molecule has 0 atom stereocenters. The van der Waals surface area contributed by atoms with Crippen molar-refractivity contribution in [1.29, 1.82) is 0 Å². The molecular formula is C62H40N2S. The van der Waals surface area contributed by atoms with Gasteiger partial charge in [-0.15, -0.1) is 11.3 Å². The van der Waals surface area contributed by atoms with Crippen LogP contribution in [-0.4, -0.2) is 4.57 Å². The molecule has 0 aliphatic carbocycles. The standard InChI is InChI=1S/C62H40N2S/c1-2-14-45-38-47(25-24-41(45)12-1)46-15-11-16-51(39-46)63(49-32-26-42(27-33-49)48-31-36-56-57-37-30-43-13-3-4-18-53(43)62(57)65-61(56)40-48)50-34-28-44(29-35-50)52-17-5-8-21-58(52)64-59-22-9-6-19-54(59)55-20-7-10-23-60(55)64/h1-40H. The summed E-state index contributed by atoms with van der Waals surface area (Å²) < 4.78 is 5.08. The molecule has 2 nitrogen and oxygen atoms in total. The van der Waals surface area contributed by atoms with Crippen LogP contribution in [0.2, 0.25) is 0 Å². The fourth-order valence-corrected chi connectivity index (χ4v) is 11.3. The van der Waals surface area contributed by atoms with Gasteiger partial charge >= 0.3 is 0 Å². The van der Waals surface area contributed by atoms with E-state index in [1.54, 1.807) is 0 Å². The van der Waals surface area contributed by atoms with Gasteiger partial charge in [0.05, 0.1) is 16.7 Å². The molecule has 0 N–H and O–H groups in total. The number of fused-ring (bicyclic) bond motifs is 9. The average Bonchev–Trinajstić information content (AvgIpc) is 3.93. The van der Waals surface area contributed by atoms with Gasteiger partial charge in [0.15, 0.2) is 0 Å². The molecule has 0 amide bonds. The maximum absolute atomic E-state index is 2.42. The highest BCUT2D eigenvalue weighted by atomic mass is 32.1. The second-order valence-corrected chi connectivity index (χ2v) is 18.0. The van der Waals surface area contributed by atoms with E-state index in [0.717, 1.165) is 28.3 Å². The first-order valence-corrected chi connectivity index (χ1v) is 23.1. The van der Waals surface area contributed by atoms with Crippen molar-refractivity contribution in [2.45, 2.75) is 0 Å². The summed E-state index contributed by atoms with van der Waals surface area (Å²) in [6, 6.07) is 88.9. The Morgan fingerprint density at radius 3 is 1.63 bits per heavy atom. The van der Waals surface area contributed by atoms with E-state index in [2.05, 4.69) is 252 Å². The smallest absolute Gasteiger partial charge is 0.0541 e. The van der Waals surface area contributed by atoms with Gasteiger partial charge in [0.25, 0.3) is 0 Å². The summed E-state index contributed by atoms with van der Waals surface area (Å²) >= 11 is 1.89. The van der Waals surface area contributed by atoms with Gasteiger partial charge in [-0.2, -0.15) is 0 Å². The normalized spacial score (nSPS) is 11.7. The minimum absolute atomic E-state index is 1.09. The van der Waals surface area contributed by atoms with Crippen LogP contribution in [0.3, 0.4) is 0 Å². The number of nitrogens with zero attached hydrogens (tertiary/aromatic N) is 2. The molecule has 0 bridgehead atoms. The lowest BCUT2D eigenvalue weighted by molar-refractivity contribution is 1.18. The summed E-state index contributed by atoms with van der Waals surface area (Å²) in [6.07, 6.45) is 0. The summed E-state index contributed by atoms with van der Waals surface area (Å²) in [5.41, 5.74) is 14.0. The van der Waals surface area contributed by atoms with Crippen LogP contribution >= 0.6 is 11.3 Å². The summed E-state index contributed by atoms with van der Waals surface area (Å²) in [4.78, 5) is 2.39. The fraction of sp³-hybridized carbons (Fsp3) is 0. The van der Waals surface area contributed by atoms with E-state index in [1.807, 2.05) is 11.3 Å². The van der Waals surface area contributed by atoms with Crippen molar-refractivity contribution in [2.75, 3.05) is 4.90 Å². The zero-order valence-electron chi connectivity index (χ0n) is 35.4. The Kier molecular flexibility index (Phi) is 8.75. The molecule has 0 spiro atoms. The summed E-state index contributed by atoms with van der Waals surface area (Å²) in [5.74, 6) is 0. The van der Waals surface area contributed by atoms with Crippen molar-refractivity contribution in [3.63, 3.8) is 0 Å². The van der Waals surface area contributed by atoms with Crippen molar-refractivity contribution in [3.8, 4) is 39.1 Å². The van der Waals surface area contributed by atoms with Crippen molar-refractivity contribution >= 4 is 91.9 Å². The first kappa shape index (κ1) is 37.3. The van der Waals surface area contributed by atoms with Crippen LogP contribution in [0, 0.1) is 0 Å². The van der Waals surface area contributed by atoms with Crippen LogP contribution in [0.1, 0.15) is 0 Å². The third-order valence-electron chi connectivity index (χ3n) is 13.2. The van der Waals surface area contributed by atoms with Crippen molar-refractivity contribution in [1.82, 2.24) is 4.57 Å². The van der Waals surface area contributed by atoms with E-state index < -0.39 is 0 Å². The van der Waals surface area contributed by atoms with Gasteiger partial charge in [-0.3, -0.25) is 0 Å². The highest BCUT2D eigenvalue weighted by Crippen LogP contribution is 2.43. The van der Waals surface area contributed by atoms with E-state index in [1.165, 1.54) is 91.3 Å². The minimum Gasteiger partial charge on any atom is -0.310 e. The molecule has 3 heteroatoms. The summed E-state index contributed by atoms with van der Waals surface area (Å²) in [5, 5.41) is 10.3. The first-order chi connectivity index (χ1) is 32.2. The molecular weight excluding hydrogens is 805 g/mol. The average molecular weight is 845 g/mol. The number of rotatable bonds is 7. The van der Waals surface area contributed by atoms with Gasteiger partial charge in [0.2, 0.25) is 0 Å². The second-order valence-electron chi connectivity index (χ2n) is 16.9. The monoisotopic (exact) mass is 844 g/mol. The molecule has 0 fully saturated rings. The Balaban J connectivity index is 0.907. The predicted octanol–water partition coefficient (Wildman–Crippen LogP) is 17.9. The lowest BCUT2D eigenvalue weighted by Crippen LogP contribution is -2.10. The third kappa shape index (κ3) is 6.31. The molecule has 0 aliphatic heterocycles. The number of aromatic nitrogens is 1. The topological polar surface area (TPSA) is 8.17 Å². The summed E-state index contributed by atoms with van der Waals surface area (Å²) in [7, 11) is 0. The Hall–Kier alpha value is -8.24. The van der Waals surface area contributed by atoms with E-state index in [0.29, 0.717) is 0 Å². The quantitative estimate of drug-likeness (QED) is 0.155. The maximum Gasteiger partial charge on any atom is 0.0541 e. The van der Waals surface area contributed by atoms with E-state index >= 15 is 0 Å². The molecule has 13 aromatic rings. The first-order valence-electron chi connectivity index (χ1n) is 22.2. The predicted molar refractivity (Wildman–Crippen MR) is 280 cm³/mol. The molecule has 2 heterocycles. The van der Waals surface area contributed by atoms with Crippen LogP contribution in [0.4, 0.5) is 17.1 Å². The number of para-hydroxylation sites is 3. The Labute approximate surface area is 381 Å². The van der Waals surface area contributed by atoms with Gasteiger partial charge < -0.3 is 9.47 Å². The summed E-state index contributed by atoms with van der Waals surface area (Å²) in [6.45, 7) is 0. The Morgan fingerprint density at radius 2 is 0.862 bits per heavy atom. The van der Waals surface area contributed by atoms with E-state index in [4.69, 9.17) is 0 Å². The van der Waals surface area contributed by atoms with Crippen molar-refractivity contribution in [2.24, 2.45) is 0 Å². The van der Waals surface area contributed by atoms with Crippen molar-refractivity contribution < 1.29 is 0 Å². The van der Waals surface area contributed by atoms with Crippen LogP contribution in [0.15, 0.2) is 243 Å². The van der Waals surface area contributed by atoms with Crippen LogP contribution in [0.25, 0.3) is 103 Å². The van der Waals surface area contributed by atoms with Gasteiger partial charge in [-0.25, -0.2) is 0 Å². The number of hydrogen-bond acceptors (Lipinski definition) is 2.